The molecule has 0 aliphatic carbocycles. The highest BCUT2D eigenvalue weighted by molar-refractivity contribution is 5.91. The summed E-state index contributed by atoms with van der Waals surface area (Å²) in [4.78, 5) is 24.5. The van der Waals surface area contributed by atoms with Crippen LogP contribution in [0.1, 0.15) is 28.9 Å². The number of rotatable bonds is 5. The van der Waals surface area contributed by atoms with Crippen molar-refractivity contribution < 1.29 is 14.5 Å². The van der Waals surface area contributed by atoms with Crippen LogP contribution in [0.2, 0.25) is 0 Å². The Kier molecular flexibility index (Phi) is 4.95. The van der Waals surface area contributed by atoms with Crippen molar-refractivity contribution in [1.29, 1.82) is 0 Å². The molecule has 0 heterocycles. The Bertz CT molecular complexity index is 714. The molecule has 0 N–H and O–H groups in total. The summed E-state index contributed by atoms with van der Waals surface area (Å²) in [5.74, 6) is -0.588. The number of nitro benzene ring substituents is 1. The predicted octanol–water partition coefficient (Wildman–Crippen LogP) is 3.58. The lowest BCUT2D eigenvalue weighted by Crippen LogP contribution is -2.13. The van der Waals surface area contributed by atoms with Crippen molar-refractivity contribution in [1.82, 2.24) is 0 Å². The lowest BCUT2D eigenvalue weighted by molar-refractivity contribution is -0.384. The topological polar surface area (TPSA) is 72.7 Å². The molecule has 0 radical (unpaired) electrons. The maximum atomic E-state index is 12.2. The largest absolute Gasteiger partial charge is 0.454 e. The van der Waals surface area contributed by atoms with Gasteiger partial charge in [0.05, 0.1) is 10.5 Å². The smallest absolute Gasteiger partial charge is 0.338 e. The van der Waals surface area contributed by atoms with Crippen molar-refractivity contribution in [3.63, 3.8) is 0 Å². The Labute approximate surface area is 134 Å². The maximum absolute atomic E-state index is 12.2. The van der Waals surface area contributed by atoms with Crippen molar-refractivity contribution in [3.8, 4) is 0 Å². The average Bonchev–Trinajstić information content (AvgIpc) is 2.54. The van der Waals surface area contributed by atoms with Gasteiger partial charge in [-0.1, -0.05) is 30.3 Å². The molecule has 0 spiro atoms. The molecule has 0 saturated heterocycles. The van der Waals surface area contributed by atoms with E-state index in [1.54, 1.807) is 32.0 Å². The Morgan fingerprint density at radius 1 is 1.17 bits per heavy atom. The molecule has 6 heteroatoms. The molecule has 23 heavy (non-hydrogen) atoms. The lowest BCUT2D eigenvalue weighted by Gasteiger charge is -2.15. The first-order valence-corrected chi connectivity index (χ1v) is 7.12. The van der Waals surface area contributed by atoms with E-state index < -0.39 is 17.0 Å². The number of nitro groups is 1. The Hall–Kier alpha value is -2.89. The molecule has 0 aliphatic heterocycles. The first-order chi connectivity index (χ1) is 10.9. The van der Waals surface area contributed by atoms with Gasteiger partial charge in [-0.2, -0.15) is 0 Å². The van der Waals surface area contributed by atoms with Crippen LogP contribution in [0.3, 0.4) is 0 Å². The molecule has 120 valence electrons. The average molecular weight is 314 g/mol. The third kappa shape index (κ3) is 3.85. The van der Waals surface area contributed by atoms with Crippen LogP contribution >= 0.6 is 0 Å². The number of anilines is 1. The van der Waals surface area contributed by atoms with Crippen molar-refractivity contribution in [2.75, 3.05) is 19.0 Å². The first kappa shape index (κ1) is 16.5. The van der Waals surface area contributed by atoms with Gasteiger partial charge in [0.15, 0.2) is 0 Å². The van der Waals surface area contributed by atoms with E-state index in [1.165, 1.54) is 12.1 Å². The number of carbonyl (C=O) groups is 1. The minimum absolute atomic E-state index is 0.128. The SMILES string of the molecule is C[C@H](OC(=O)c1ccc(N(C)C)c([N+](=O)[O-])c1)c1ccccc1. The molecule has 1 atom stereocenters. The molecule has 0 aromatic heterocycles. The van der Waals surface area contributed by atoms with Crippen molar-refractivity contribution in [2.45, 2.75) is 13.0 Å². The van der Waals surface area contributed by atoms with Gasteiger partial charge in [-0.25, -0.2) is 4.79 Å². The second-order valence-corrected chi connectivity index (χ2v) is 5.31. The number of benzene rings is 2. The number of hydrogen-bond donors (Lipinski definition) is 0. The van der Waals surface area contributed by atoms with Crippen LogP contribution in [-0.4, -0.2) is 25.0 Å². The second kappa shape index (κ2) is 6.91. The fraction of sp³-hybridized carbons (Fsp3) is 0.235. The Balaban J connectivity index is 2.23. The van der Waals surface area contributed by atoms with Crippen molar-refractivity contribution in [2.24, 2.45) is 0 Å². The number of ether oxygens (including phenoxy) is 1. The van der Waals surface area contributed by atoms with E-state index in [9.17, 15) is 14.9 Å². The van der Waals surface area contributed by atoms with E-state index in [-0.39, 0.29) is 11.3 Å². The summed E-state index contributed by atoms with van der Waals surface area (Å²) in [6.07, 6.45) is -0.434. The fourth-order valence-corrected chi connectivity index (χ4v) is 2.20. The maximum Gasteiger partial charge on any atom is 0.338 e. The molecule has 2 aromatic rings. The van der Waals surface area contributed by atoms with E-state index in [0.29, 0.717) is 5.69 Å². The minimum atomic E-state index is -0.588. The van der Waals surface area contributed by atoms with Gasteiger partial charge >= 0.3 is 5.97 Å². The van der Waals surface area contributed by atoms with Crippen LogP contribution < -0.4 is 4.90 Å². The predicted molar refractivity (Wildman–Crippen MR) is 87.7 cm³/mol. The van der Waals surface area contributed by atoms with Crippen LogP contribution in [-0.2, 0) is 4.74 Å². The van der Waals surface area contributed by atoms with Crippen molar-refractivity contribution >= 4 is 17.3 Å². The Morgan fingerprint density at radius 3 is 2.39 bits per heavy atom. The lowest BCUT2D eigenvalue weighted by atomic mass is 10.1. The minimum Gasteiger partial charge on any atom is -0.454 e. The number of esters is 1. The zero-order chi connectivity index (χ0) is 17.0. The molecule has 0 bridgehead atoms. The summed E-state index contributed by atoms with van der Waals surface area (Å²) in [7, 11) is 3.41. The molecular weight excluding hydrogens is 296 g/mol. The van der Waals surface area contributed by atoms with Crippen LogP contribution in [0.25, 0.3) is 0 Å². The third-order valence-corrected chi connectivity index (χ3v) is 3.44. The summed E-state index contributed by atoms with van der Waals surface area (Å²) in [5.41, 5.74) is 1.32. The highest BCUT2D eigenvalue weighted by Gasteiger charge is 2.21. The quantitative estimate of drug-likeness (QED) is 0.479. The molecule has 0 amide bonds. The molecule has 0 aliphatic rings. The van der Waals surface area contributed by atoms with E-state index in [2.05, 4.69) is 0 Å². The molecule has 2 aromatic carbocycles. The van der Waals surface area contributed by atoms with E-state index in [1.807, 2.05) is 30.3 Å². The van der Waals surface area contributed by atoms with Gasteiger partial charge in [0.25, 0.3) is 5.69 Å². The summed E-state index contributed by atoms with van der Waals surface area (Å²) in [6.45, 7) is 1.76. The molecule has 2 rings (SSSR count). The monoisotopic (exact) mass is 314 g/mol. The summed E-state index contributed by atoms with van der Waals surface area (Å²) in [5, 5.41) is 11.2. The molecule has 6 nitrogen and oxygen atoms in total. The standard InChI is InChI=1S/C17H18N2O4/c1-12(13-7-5-4-6-8-13)23-17(20)14-9-10-15(18(2)3)16(11-14)19(21)22/h4-12H,1-3H3/t12-/m0/s1. The van der Waals surface area contributed by atoms with Crippen molar-refractivity contribution in [3.05, 3.63) is 69.8 Å². The third-order valence-electron chi connectivity index (χ3n) is 3.44. The van der Waals surface area contributed by atoms with Gasteiger partial charge in [-0.05, 0) is 24.6 Å². The van der Waals surface area contributed by atoms with Gasteiger partial charge in [0.2, 0.25) is 0 Å². The molecule has 0 unspecified atom stereocenters. The van der Waals surface area contributed by atoms with Gasteiger partial charge in [0.1, 0.15) is 11.8 Å². The summed E-state index contributed by atoms with van der Waals surface area (Å²) < 4.78 is 5.38. The molecular formula is C17H18N2O4. The van der Waals surface area contributed by atoms with Gasteiger partial charge in [-0.3, -0.25) is 10.1 Å². The van der Waals surface area contributed by atoms with Crippen LogP contribution in [0.4, 0.5) is 11.4 Å². The summed E-state index contributed by atoms with van der Waals surface area (Å²) in [6, 6.07) is 13.6. The van der Waals surface area contributed by atoms with Crippen LogP contribution in [0.15, 0.2) is 48.5 Å². The zero-order valence-corrected chi connectivity index (χ0v) is 13.2. The van der Waals surface area contributed by atoms with Gasteiger partial charge in [-0.15, -0.1) is 0 Å². The Morgan fingerprint density at radius 2 is 1.83 bits per heavy atom. The van der Waals surface area contributed by atoms with Gasteiger partial charge < -0.3 is 9.64 Å². The highest BCUT2D eigenvalue weighted by Crippen LogP contribution is 2.28. The van der Waals surface area contributed by atoms with Crippen LogP contribution in [0, 0.1) is 10.1 Å². The number of carbonyl (C=O) groups excluding carboxylic acids is 1. The van der Waals surface area contributed by atoms with E-state index in [0.717, 1.165) is 5.56 Å². The zero-order valence-electron chi connectivity index (χ0n) is 13.2. The normalized spacial score (nSPS) is 11.6. The van der Waals surface area contributed by atoms with E-state index >= 15 is 0 Å². The second-order valence-electron chi connectivity index (χ2n) is 5.31. The van der Waals surface area contributed by atoms with E-state index in [4.69, 9.17) is 4.74 Å². The van der Waals surface area contributed by atoms with Gasteiger partial charge in [0, 0.05) is 20.2 Å². The number of nitrogens with zero attached hydrogens (tertiary/aromatic N) is 2. The summed E-state index contributed by atoms with van der Waals surface area (Å²) >= 11 is 0. The number of hydrogen-bond acceptors (Lipinski definition) is 5. The highest BCUT2D eigenvalue weighted by atomic mass is 16.6. The molecule has 0 saturated carbocycles. The molecule has 0 fully saturated rings. The fourth-order valence-electron chi connectivity index (χ4n) is 2.20. The van der Waals surface area contributed by atoms with Crippen LogP contribution in [0.5, 0.6) is 0 Å². The first-order valence-electron chi connectivity index (χ1n) is 7.12.